The molecule has 2 aliphatic heterocycles. The number of aryl methyl sites for hydroxylation is 2. The topological polar surface area (TPSA) is 78.9 Å². The third kappa shape index (κ3) is 4.62. The van der Waals surface area contributed by atoms with Crippen molar-refractivity contribution in [1.29, 1.82) is 0 Å². The molecule has 1 aromatic heterocycles. The number of rotatable bonds is 6. The van der Waals surface area contributed by atoms with E-state index >= 15 is 0 Å². The molecule has 2 aromatic rings. The average molecular weight is 446 g/mol. The van der Waals surface area contributed by atoms with Gasteiger partial charge in [0.25, 0.3) is 0 Å². The number of benzene rings is 1. The van der Waals surface area contributed by atoms with Crippen LogP contribution >= 0.6 is 0 Å². The summed E-state index contributed by atoms with van der Waals surface area (Å²) in [6, 6.07) is 7.11. The van der Waals surface area contributed by atoms with Gasteiger partial charge >= 0.3 is 0 Å². The molecule has 0 amide bonds. The van der Waals surface area contributed by atoms with E-state index < -0.39 is 10.0 Å². The summed E-state index contributed by atoms with van der Waals surface area (Å²) in [6.07, 6.45) is 2.39. The van der Waals surface area contributed by atoms with Gasteiger partial charge in [-0.2, -0.15) is 4.31 Å². The van der Waals surface area contributed by atoms with Gasteiger partial charge in [-0.3, -0.25) is 0 Å². The maximum Gasteiger partial charge on any atom is 0.243 e. The van der Waals surface area contributed by atoms with Gasteiger partial charge in [0.15, 0.2) is 0 Å². The molecule has 31 heavy (non-hydrogen) atoms. The van der Waals surface area contributed by atoms with Crippen LogP contribution in [0.1, 0.15) is 31.2 Å². The molecule has 0 bridgehead atoms. The molecule has 9 heteroatoms. The molecule has 0 saturated carbocycles. The highest BCUT2D eigenvalue weighted by Gasteiger charge is 2.30. The van der Waals surface area contributed by atoms with Crippen molar-refractivity contribution in [2.75, 3.05) is 55.7 Å². The Morgan fingerprint density at radius 3 is 2.10 bits per heavy atom. The molecule has 2 saturated heterocycles. The molecule has 0 aliphatic carbocycles. The van der Waals surface area contributed by atoms with Crippen molar-refractivity contribution >= 4 is 21.7 Å². The lowest BCUT2D eigenvalue weighted by atomic mass is 10.2. The Balaban J connectivity index is 1.46. The van der Waals surface area contributed by atoms with Crippen LogP contribution in [0.5, 0.6) is 5.75 Å². The third-order valence-electron chi connectivity index (χ3n) is 5.89. The highest BCUT2D eigenvalue weighted by molar-refractivity contribution is 7.89. The number of anilines is 2. The van der Waals surface area contributed by atoms with Gasteiger partial charge in [-0.15, -0.1) is 0 Å². The zero-order valence-electron chi connectivity index (χ0n) is 18.5. The summed E-state index contributed by atoms with van der Waals surface area (Å²) >= 11 is 0. The molecule has 8 nitrogen and oxygen atoms in total. The molecule has 2 aliphatic rings. The minimum Gasteiger partial charge on any atom is -0.494 e. The molecule has 4 rings (SSSR count). The Bertz CT molecular complexity index is 1030. The predicted molar refractivity (Wildman–Crippen MR) is 122 cm³/mol. The van der Waals surface area contributed by atoms with Crippen molar-refractivity contribution < 1.29 is 13.2 Å². The Labute approximate surface area is 184 Å². The van der Waals surface area contributed by atoms with Crippen molar-refractivity contribution in [3.05, 3.63) is 35.7 Å². The number of nitrogens with zero attached hydrogens (tertiary/aromatic N) is 5. The van der Waals surface area contributed by atoms with Crippen LogP contribution in [0.2, 0.25) is 0 Å². The van der Waals surface area contributed by atoms with Crippen LogP contribution in [0.15, 0.2) is 29.2 Å². The first-order valence-electron chi connectivity index (χ1n) is 11.0. The van der Waals surface area contributed by atoms with Gasteiger partial charge < -0.3 is 14.5 Å². The first kappa shape index (κ1) is 21.8. The lowest BCUT2D eigenvalue weighted by Gasteiger charge is -2.35. The van der Waals surface area contributed by atoms with E-state index in [0.29, 0.717) is 37.7 Å². The minimum atomic E-state index is -3.54. The predicted octanol–water partition coefficient (Wildman–Crippen LogP) is 2.60. The molecule has 0 N–H and O–H groups in total. The number of ether oxygens (including phenoxy) is 1. The lowest BCUT2D eigenvalue weighted by Crippen LogP contribution is -2.49. The van der Waals surface area contributed by atoms with Crippen molar-refractivity contribution in [2.45, 2.75) is 38.5 Å². The maximum absolute atomic E-state index is 13.2. The third-order valence-corrected chi connectivity index (χ3v) is 7.78. The van der Waals surface area contributed by atoms with Gasteiger partial charge in [0.05, 0.1) is 11.5 Å². The lowest BCUT2D eigenvalue weighted by molar-refractivity contribution is 0.337. The van der Waals surface area contributed by atoms with Crippen LogP contribution < -0.4 is 14.5 Å². The molecular weight excluding hydrogens is 414 g/mol. The Morgan fingerprint density at radius 1 is 0.903 bits per heavy atom. The highest BCUT2D eigenvalue weighted by atomic mass is 32.2. The van der Waals surface area contributed by atoms with Crippen LogP contribution in [0.3, 0.4) is 0 Å². The summed E-state index contributed by atoms with van der Waals surface area (Å²) in [5.74, 6) is 3.32. The minimum absolute atomic E-state index is 0.316. The van der Waals surface area contributed by atoms with E-state index in [1.807, 2.05) is 26.8 Å². The van der Waals surface area contributed by atoms with E-state index in [4.69, 9.17) is 4.74 Å². The first-order chi connectivity index (χ1) is 14.9. The van der Waals surface area contributed by atoms with Crippen LogP contribution in [0.25, 0.3) is 0 Å². The van der Waals surface area contributed by atoms with Crippen molar-refractivity contribution in [3.63, 3.8) is 0 Å². The van der Waals surface area contributed by atoms with E-state index in [-0.39, 0.29) is 0 Å². The van der Waals surface area contributed by atoms with Gasteiger partial charge in [-0.05, 0) is 57.4 Å². The highest BCUT2D eigenvalue weighted by Crippen LogP contribution is 2.27. The van der Waals surface area contributed by atoms with Crippen LogP contribution in [0.4, 0.5) is 11.6 Å². The van der Waals surface area contributed by atoms with E-state index in [0.717, 1.165) is 41.9 Å². The number of hydrogen-bond acceptors (Lipinski definition) is 7. The largest absolute Gasteiger partial charge is 0.494 e. The molecule has 0 radical (unpaired) electrons. The summed E-state index contributed by atoms with van der Waals surface area (Å²) < 4.78 is 33.4. The van der Waals surface area contributed by atoms with Gasteiger partial charge in [0.2, 0.25) is 10.0 Å². The van der Waals surface area contributed by atoms with Gasteiger partial charge in [0.1, 0.15) is 23.2 Å². The summed E-state index contributed by atoms with van der Waals surface area (Å²) in [6.45, 7) is 10.4. The summed E-state index contributed by atoms with van der Waals surface area (Å²) in [5.41, 5.74) is 0.826. The van der Waals surface area contributed by atoms with Crippen molar-refractivity contribution in [3.8, 4) is 5.75 Å². The van der Waals surface area contributed by atoms with E-state index in [9.17, 15) is 8.42 Å². The van der Waals surface area contributed by atoms with Crippen LogP contribution in [-0.2, 0) is 10.0 Å². The second-order valence-electron chi connectivity index (χ2n) is 8.08. The fraction of sp³-hybridized carbons (Fsp3) is 0.545. The fourth-order valence-electron chi connectivity index (χ4n) is 4.21. The van der Waals surface area contributed by atoms with Crippen LogP contribution in [0, 0.1) is 13.8 Å². The quantitative estimate of drug-likeness (QED) is 0.676. The van der Waals surface area contributed by atoms with Gasteiger partial charge in [-0.25, -0.2) is 18.4 Å². The molecule has 168 valence electrons. The second-order valence-corrected chi connectivity index (χ2v) is 10.0. The van der Waals surface area contributed by atoms with Crippen LogP contribution in [-0.4, -0.2) is 68.6 Å². The summed E-state index contributed by atoms with van der Waals surface area (Å²) in [4.78, 5) is 14.0. The average Bonchev–Trinajstić information content (AvgIpc) is 3.30. The monoisotopic (exact) mass is 445 g/mol. The molecular formula is C22H31N5O3S. The number of aromatic nitrogens is 2. The van der Waals surface area contributed by atoms with Gasteiger partial charge in [-0.1, -0.05) is 0 Å². The molecule has 0 spiro atoms. The number of hydrogen-bond donors (Lipinski definition) is 0. The Morgan fingerprint density at radius 2 is 1.52 bits per heavy atom. The Kier molecular flexibility index (Phi) is 6.34. The zero-order valence-corrected chi connectivity index (χ0v) is 19.4. The van der Waals surface area contributed by atoms with Gasteiger partial charge in [0, 0.05) is 45.3 Å². The summed E-state index contributed by atoms with van der Waals surface area (Å²) in [7, 11) is -3.54. The smallest absolute Gasteiger partial charge is 0.243 e. The maximum atomic E-state index is 13.2. The molecule has 3 heterocycles. The van der Waals surface area contributed by atoms with Crippen molar-refractivity contribution in [1.82, 2.24) is 14.3 Å². The normalized spacial score (nSPS) is 17.9. The molecule has 0 atom stereocenters. The van der Waals surface area contributed by atoms with E-state index in [2.05, 4.69) is 19.8 Å². The molecule has 1 aromatic carbocycles. The first-order valence-corrected chi connectivity index (χ1v) is 12.4. The molecule has 2 fully saturated rings. The second kappa shape index (κ2) is 9.00. The van der Waals surface area contributed by atoms with E-state index in [1.54, 1.807) is 22.5 Å². The summed E-state index contributed by atoms with van der Waals surface area (Å²) in [5, 5.41) is 0. The van der Waals surface area contributed by atoms with E-state index in [1.165, 1.54) is 12.8 Å². The standard InChI is InChI=1S/C22H31N5O3S/c1-4-30-20-8-7-19(15-17(20)2)31(28,29)27-13-11-26(12-14-27)22-16-21(23-18(3)24-22)25-9-5-6-10-25/h7-8,15-16H,4-6,9-14H2,1-3H3. The van der Waals surface area contributed by atoms with Crippen molar-refractivity contribution in [2.24, 2.45) is 0 Å². The Hall–Kier alpha value is -2.39. The number of piperazine rings is 1. The molecule has 0 unspecified atom stereocenters. The SMILES string of the molecule is CCOc1ccc(S(=O)(=O)N2CCN(c3cc(N4CCCC4)nc(C)n3)CC2)cc1C. The number of sulfonamides is 1. The zero-order chi connectivity index (χ0) is 22.0. The fourth-order valence-corrected chi connectivity index (χ4v) is 5.72.